The average Bonchev–Trinajstić information content (AvgIpc) is 2.95. The summed E-state index contributed by atoms with van der Waals surface area (Å²) in [4.78, 5) is 11.0. The first-order valence-corrected chi connectivity index (χ1v) is 6.12. The summed E-state index contributed by atoms with van der Waals surface area (Å²) >= 11 is 0. The summed E-state index contributed by atoms with van der Waals surface area (Å²) in [6, 6.07) is -0.00541. The van der Waals surface area contributed by atoms with Crippen LogP contribution < -0.4 is 5.32 Å². The Hall–Kier alpha value is -0.570. The van der Waals surface area contributed by atoms with Gasteiger partial charge in [0, 0.05) is 6.04 Å². The Morgan fingerprint density at radius 2 is 2.20 bits per heavy atom. The minimum absolute atomic E-state index is 0.343. The fraction of sp³-hybridized carbons (Fsp3) is 0.917. The lowest BCUT2D eigenvalue weighted by Crippen LogP contribution is -2.42. The van der Waals surface area contributed by atoms with Crippen LogP contribution in [0.3, 0.4) is 0 Å². The molecule has 0 aromatic heterocycles. The Morgan fingerprint density at radius 3 is 2.67 bits per heavy atom. The zero-order valence-corrected chi connectivity index (χ0v) is 9.83. The predicted molar refractivity (Wildman–Crippen MR) is 60.9 cm³/mol. The minimum atomic E-state index is -0.703. The van der Waals surface area contributed by atoms with Crippen molar-refractivity contribution in [3.8, 4) is 0 Å². The lowest BCUT2D eigenvalue weighted by Gasteiger charge is -2.19. The number of aliphatic carboxylic acids is 1. The maximum atomic E-state index is 11.0. The summed E-state index contributed by atoms with van der Waals surface area (Å²) in [5, 5.41) is 12.3. The number of carboxylic acids is 1. The van der Waals surface area contributed by atoms with Crippen LogP contribution in [0.15, 0.2) is 0 Å². The van der Waals surface area contributed by atoms with E-state index in [4.69, 9.17) is 5.11 Å². The maximum Gasteiger partial charge on any atom is 0.320 e. The molecule has 15 heavy (non-hydrogen) atoms. The largest absolute Gasteiger partial charge is 0.480 e. The number of unbranched alkanes of at least 4 members (excludes halogenated alkanes) is 1. The summed E-state index contributed by atoms with van der Waals surface area (Å²) in [5.41, 5.74) is 0. The quantitative estimate of drug-likeness (QED) is 0.651. The van der Waals surface area contributed by atoms with Gasteiger partial charge >= 0.3 is 5.97 Å². The molecule has 1 aliphatic carbocycles. The molecule has 0 spiro atoms. The minimum Gasteiger partial charge on any atom is -0.480 e. The maximum absolute atomic E-state index is 11.0. The molecular formula is C12H23NO2. The van der Waals surface area contributed by atoms with Crippen LogP contribution in [0.4, 0.5) is 0 Å². The lowest BCUT2D eigenvalue weighted by atomic mass is 10.1. The van der Waals surface area contributed by atoms with Gasteiger partial charge in [0.05, 0.1) is 0 Å². The number of carboxylic acid groups (broad SMARTS) is 1. The number of carbonyl (C=O) groups is 1. The number of nitrogens with one attached hydrogen (secondary N) is 1. The molecule has 3 heteroatoms. The van der Waals surface area contributed by atoms with Crippen molar-refractivity contribution in [2.75, 3.05) is 0 Å². The van der Waals surface area contributed by atoms with Gasteiger partial charge in [-0.2, -0.15) is 0 Å². The van der Waals surface area contributed by atoms with Crippen molar-refractivity contribution < 1.29 is 9.90 Å². The van der Waals surface area contributed by atoms with Gasteiger partial charge in [0.25, 0.3) is 0 Å². The highest BCUT2D eigenvalue weighted by Gasteiger charge is 2.26. The van der Waals surface area contributed by atoms with Crippen LogP contribution in [0, 0.1) is 5.92 Å². The highest BCUT2D eigenvalue weighted by molar-refractivity contribution is 5.73. The van der Waals surface area contributed by atoms with Gasteiger partial charge in [-0.15, -0.1) is 0 Å². The van der Waals surface area contributed by atoms with Crippen molar-refractivity contribution in [3.05, 3.63) is 0 Å². The molecule has 0 aromatic carbocycles. The van der Waals surface area contributed by atoms with Gasteiger partial charge < -0.3 is 10.4 Å². The van der Waals surface area contributed by atoms with Crippen LogP contribution in [-0.4, -0.2) is 23.2 Å². The van der Waals surface area contributed by atoms with Gasteiger partial charge in [-0.05, 0) is 25.7 Å². The number of hydrogen-bond donors (Lipinski definition) is 2. The van der Waals surface area contributed by atoms with Crippen molar-refractivity contribution >= 4 is 5.97 Å². The number of hydrogen-bond acceptors (Lipinski definition) is 2. The van der Waals surface area contributed by atoms with E-state index in [0.29, 0.717) is 6.04 Å². The van der Waals surface area contributed by atoms with Crippen LogP contribution in [-0.2, 0) is 4.79 Å². The summed E-state index contributed by atoms with van der Waals surface area (Å²) in [7, 11) is 0. The Labute approximate surface area is 92.3 Å². The standard InChI is InChI=1S/C12H23NO2/c1-3-4-5-11(12(14)15)13-9(2)8-10-6-7-10/h9-11,13H,3-8H2,1-2H3,(H,14,15). The summed E-state index contributed by atoms with van der Waals surface area (Å²) in [6.45, 7) is 4.19. The van der Waals surface area contributed by atoms with Gasteiger partial charge in [0.2, 0.25) is 0 Å². The molecule has 2 unspecified atom stereocenters. The van der Waals surface area contributed by atoms with Crippen LogP contribution in [0.25, 0.3) is 0 Å². The molecule has 1 rings (SSSR count). The fourth-order valence-corrected chi connectivity index (χ4v) is 1.95. The molecular weight excluding hydrogens is 190 g/mol. The molecule has 88 valence electrons. The Bertz CT molecular complexity index is 202. The Morgan fingerprint density at radius 1 is 1.53 bits per heavy atom. The van der Waals surface area contributed by atoms with Gasteiger partial charge in [-0.25, -0.2) is 0 Å². The molecule has 1 saturated carbocycles. The van der Waals surface area contributed by atoms with E-state index in [1.165, 1.54) is 12.8 Å². The molecule has 2 atom stereocenters. The first-order valence-electron chi connectivity index (χ1n) is 6.12. The second-order valence-corrected chi connectivity index (χ2v) is 4.78. The van der Waals surface area contributed by atoms with Crippen molar-refractivity contribution in [2.24, 2.45) is 5.92 Å². The van der Waals surface area contributed by atoms with Crippen molar-refractivity contribution in [2.45, 2.75) is 64.5 Å². The van der Waals surface area contributed by atoms with E-state index >= 15 is 0 Å². The molecule has 0 bridgehead atoms. The van der Waals surface area contributed by atoms with E-state index in [1.54, 1.807) is 0 Å². The predicted octanol–water partition coefficient (Wildman–Crippen LogP) is 2.41. The molecule has 0 saturated heterocycles. The van der Waals surface area contributed by atoms with Crippen LogP contribution in [0.2, 0.25) is 0 Å². The van der Waals surface area contributed by atoms with Crippen molar-refractivity contribution in [1.82, 2.24) is 5.32 Å². The van der Waals surface area contributed by atoms with Gasteiger partial charge in [-0.1, -0.05) is 32.6 Å². The van der Waals surface area contributed by atoms with Crippen molar-refractivity contribution in [3.63, 3.8) is 0 Å². The molecule has 0 amide bonds. The van der Waals surface area contributed by atoms with Gasteiger partial charge in [0.1, 0.15) is 6.04 Å². The van der Waals surface area contributed by atoms with E-state index in [-0.39, 0.29) is 6.04 Å². The topological polar surface area (TPSA) is 49.3 Å². The first-order chi connectivity index (χ1) is 7.13. The summed E-state index contributed by atoms with van der Waals surface area (Å²) in [5.74, 6) is 0.152. The summed E-state index contributed by atoms with van der Waals surface area (Å²) < 4.78 is 0. The second-order valence-electron chi connectivity index (χ2n) is 4.78. The van der Waals surface area contributed by atoms with Crippen LogP contribution in [0.5, 0.6) is 0 Å². The molecule has 0 aliphatic heterocycles. The van der Waals surface area contributed by atoms with Crippen LogP contribution in [0.1, 0.15) is 52.4 Å². The number of rotatable bonds is 8. The van der Waals surface area contributed by atoms with Crippen LogP contribution >= 0.6 is 0 Å². The highest BCUT2D eigenvalue weighted by Crippen LogP contribution is 2.33. The normalized spacial score (nSPS) is 19.9. The lowest BCUT2D eigenvalue weighted by molar-refractivity contribution is -0.139. The summed E-state index contributed by atoms with van der Waals surface area (Å²) in [6.07, 6.45) is 6.59. The Kier molecular flexibility index (Phi) is 5.09. The smallest absolute Gasteiger partial charge is 0.320 e. The third-order valence-electron chi connectivity index (χ3n) is 3.01. The SMILES string of the molecule is CCCCC(NC(C)CC1CC1)C(=O)O. The average molecular weight is 213 g/mol. The second kappa shape index (κ2) is 6.11. The van der Waals surface area contributed by atoms with E-state index in [0.717, 1.165) is 31.6 Å². The molecule has 0 aromatic rings. The third kappa shape index (κ3) is 5.17. The van der Waals surface area contributed by atoms with E-state index in [2.05, 4.69) is 19.2 Å². The van der Waals surface area contributed by atoms with Gasteiger partial charge in [-0.3, -0.25) is 4.79 Å². The van der Waals surface area contributed by atoms with Crippen molar-refractivity contribution in [1.29, 1.82) is 0 Å². The molecule has 2 N–H and O–H groups in total. The molecule has 0 heterocycles. The first kappa shape index (κ1) is 12.5. The van der Waals surface area contributed by atoms with E-state index in [9.17, 15) is 4.79 Å². The third-order valence-corrected chi connectivity index (χ3v) is 3.01. The fourth-order valence-electron chi connectivity index (χ4n) is 1.95. The highest BCUT2D eigenvalue weighted by atomic mass is 16.4. The molecule has 3 nitrogen and oxygen atoms in total. The van der Waals surface area contributed by atoms with E-state index in [1.807, 2.05) is 0 Å². The monoisotopic (exact) mass is 213 g/mol. The molecule has 1 fully saturated rings. The zero-order chi connectivity index (χ0) is 11.3. The molecule has 0 radical (unpaired) electrons. The van der Waals surface area contributed by atoms with E-state index < -0.39 is 5.97 Å². The molecule has 1 aliphatic rings. The zero-order valence-electron chi connectivity index (χ0n) is 9.83. The van der Waals surface area contributed by atoms with Gasteiger partial charge in [0.15, 0.2) is 0 Å². The Balaban J connectivity index is 2.24.